The zero-order valence-corrected chi connectivity index (χ0v) is 11.2. The molecule has 1 saturated heterocycles. The van der Waals surface area contributed by atoms with E-state index in [0.29, 0.717) is 12.5 Å². The molecule has 3 nitrogen and oxygen atoms in total. The van der Waals surface area contributed by atoms with Crippen LogP contribution >= 0.6 is 11.6 Å². The topological polar surface area (TPSA) is 38.3 Å². The van der Waals surface area contributed by atoms with Gasteiger partial charge in [0.25, 0.3) is 0 Å². The van der Waals surface area contributed by atoms with Gasteiger partial charge in [-0.15, -0.1) is 11.6 Å². The summed E-state index contributed by atoms with van der Waals surface area (Å²) in [7, 11) is 0. The number of hydrogen-bond donors (Lipinski definition) is 1. The fourth-order valence-corrected chi connectivity index (χ4v) is 3.14. The Labute approximate surface area is 108 Å². The van der Waals surface area contributed by atoms with Crippen LogP contribution in [-0.2, 0) is 9.53 Å². The van der Waals surface area contributed by atoms with Gasteiger partial charge in [-0.05, 0) is 32.1 Å². The molecule has 1 heterocycles. The summed E-state index contributed by atoms with van der Waals surface area (Å²) in [4.78, 5) is 11.9. The van der Waals surface area contributed by atoms with E-state index < -0.39 is 0 Å². The van der Waals surface area contributed by atoms with Crippen molar-refractivity contribution in [3.05, 3.63) is 0 Å². The first kappa shape index (κ1) is 13.2. The normalized spacial score (nSPS) is 38.0. The van der Waals surface area contributed by atoms with Crippen LogP contribution in [0.5, 0.6) is 0 Å². The van der Waals surface area contributed by atoms with E-state index in [1.165, 1.54) is 12.8 Å². The van der Waals surface area contributed by atoms with Gasteiger partial charge in [0.1, 0.15) is 0 Å². The number of carbonyl (C=O) groups excluding carboxylic acids is 1. The minimum absolute atomic E-state index is 0.0439. The van der Waals surface area contributed by atoms with Crippen LogP contribution in [-0.4, -0.2) is 30.5 Å². The molecule has 1 aliphatic heterocycles. The van der Waals surface area contributed by atoms with Crippen molar-refractivity contribution in [1.29, 1.82) is 0 Å². The molecule has 4 atom stereocenters. The number of alkyl halides is 1. The second kappa shape index (κ2) is 6.05. The summed E-state index contributed by atoms with van der Waals surface area (Å²) in [6, 6.07) is 0. The summed E-state index contributed by atoms with van der Waals surface area (Å²) in [5.41, 5.74) is 0. The van der Waals surface area contributed by atoms with Crippen molar-refractivity contribution in [3.8, 4) is 0 Å². The van der Waals surface area contributed by atoms with E-state index in [1.807, 2.05) is 6.92 Å². The highest BCUT2D eigenvalue weighted by molar-refractivity contribution is 6.20. The zero-order valence-electron chi connectivity index (χ0n) is 10.5. The maximum atomic E-state index is 11.9. The fourth-order valence-electron chi connectivity index (χ4n) is 2.77. The number of ether oxygens (including phenoxy) is 1. The van der Waals surface area contributed by atoms with Gasteiger partial charge in [0.2, 0.25) is 5.91 Å². The lowest BCUT2D eigenvalue weighted by Crippen LogP contribution is -2.38. The van der Waals surface area contributed by atoms with Crippen LogP contribution in [0, 0.1) is 11.8 Å². The maximum absolute atomic E-state index is 11.9. The van der Waals surface area contributed by atoms with E-state index in [9.17, 15) is 4.79 Å². The zero-order chi connectivity index (χ0) is 12.3. The smallest absolute Gasteiger partial charge is 0.225 e. The minimum Gasteiger partial charge on any atom is -0.378 e. The molecule has 0 aromatic rings. The molecule has 0 aromatic carbocycles. The molecule has 4 unspecified atom stereocenters. The molecule has 1 aliphatic carbocycles. The highest BCUT2D eigenvalue weighted by atomic mass is 35.5. The minimum atomic E-state index is 0.0439. The Morgan fingerprint density at radius 2 is 2.18 bits per heavy atom. The van der Waals surface area contributed by atoms with Crippen LogP contribution in [0.1, 0.15) is 39.0 Å². The van der Waals surface area contributed by atoms with Crippen LogP contribution in [0.25, 0.3) is 0 Å². The van der Waals surface area contributed by atoms with Crippen LogP contribution in [0.4, 0.5) is 0 Å². The SMILES string of the molecule is CC1CC(C(=O)NCC2CCCCC2Cl)CO1. The van der Waals surface area contributed by atoms with Crippen molar-refractivity contribution in [3.63, 3.8) is 0 Å². The van der Waals surface area contributed by atoms with E-state index in [0.717, 1.165) is 25.8 Å². The van der Waals surface area contributed by atoms with Gasteiger partial charge in [-0.25, -0.2) is 0 Å². The molecular formula is C13H22ClNO2. The lowest BCUT2D eigenvalue weighted by Gasteiger charge is -2.27. The molecule has 2 aliphatic rings. The van der Waals surface area contributed by atoms with Gasteiger partial charge >= 0.3 is 0 Å². The van der Waals surface area contributed by atoms with Gasteiger partial charge in [-0.1, -0.05) is 12.8 Å². The van der Waals surface area contributed by atoms with Crippen molar-refractivity contribution in [2.45, 2.75) is 50.5 Å². The Kier molecular flexibility index (Phi) is 4.69. The number of nitrogens with one attached hydrogen (secondary N) is 1. The molecule has 1 saturated carbocycles. The quantitative estimate of drug-likeness (QED) is 0.790. The van der Waals surface area contributed by atoms with Gasteiger partial charge in [0, 0.05) is 11.9 Å². The number of amides is 1. The standard InChI is InChI=1S/C13H22ClNO2/c1-9-6-11(8-17-9)13(16)15-7-10-4-2-3-5-12(10)14/h9-12H,2-8H2,1H3,(H,15,16). The monoisotopic (exact) mass is 259 g/mol. The molecular weight excluding hydrogens is 238 g/mol. The van der Waals surface area contributed by atoms with Crippen molar-refractivity contribution < 1.29 is 9.53 Å². The Morgan fingerprint density at radius 3 is 2.82 bits per heavy atom. The summed E-state index contributed by atoms with van der Waals surface area (Å²) in [6.07, 6.45) is 5.78. The molecule has 17 heavy (non-hydrogen) atoms. The Morgan fingerprint density at radius 1 is 1.41 bits per heavy atom. The molecule has 0 aromatic heterocycles. The first-order valence-corrected chi connectivity index (χ1v) is 7.14. The third-order valence-corrected chi connectivity index (χ3v) is 4.50. The lowest BCUT2D eigenvalue weighted by atomic mass is 9.88. The van der Waals surface area contributed by atoms with Crippen molar-refractivity contribution in [1.82, 2.24) is 5.32 Å². The first-order valence-electron chi connectivity index (χ1n) is 6.70. The van der Waals surface area contributed by atoms with E-state index in [4.69, 9.17) is 16.3 Å². The third kappa shape index (κ3) is 3.59. The van der Waals surface area contributed by atoms with Gasteiger partial charge in [0.05, 0.1) is 18.6 Å². The average Bonchev–Trinajstić information content (AvgIpc) is 2.74. The summed E-state index contributed by atoms with van der Waals surface area (Å²) in [5.74, 6) is 0.639. The van der Waals surface area contributed by atoms with E-state index in [2.05, 4.69) is 5.32 Å². The van der Waals surface area contributed by atoms with E-state index in [-0.39, 0.29) is 23.3 Å². The predicted octanol–water partition coefficient (Wildman–Crippen LogP) is 2.33. The molecule has 4 heteroatoms. The number of rotatable bonds is 3. The largest absolute Gasteiger partial charge is 0.378 e. The number of carbonyl (C=O) groups is 1. The molecule has 0 bridgehead atoms. The van der Waals surface area contributed by atoms with Gasteiger partial charge < -0.3 is 10.1 Å². The Hall–Kier alpha value is -0.280. The lowest BCUT2D eigenvalue weighted by molar-refractivity contribution is -0.125. The molecule has 1 amide bonds. The van der Waals surface area contributed by atoms with Crippen LogP contribution in [0.15, 0.2) is 0 Å². The predicted molar refractivity (Wildman–Crippen MR) is 68.1 cm³/mol. The second-order valence-electron chi connectivity index (χ2n) is 5.38. The third-order valence-electron chi connectivity index (χ3n) is 3.92. The second-order valence-corrected chi connectivity index (χ2v) is 5.94. The van der Waals surface area contributed by atoms with Gasteiger partial charge in [-0.3, -0.25) is 4.79 Å². The van der Waals surface area contributed by atoms with E-state index >= 15 is 0 Å². The fraction of sp³-hybridized carbons (Fsp3) is 0.923. The maximum Gasteiger partial charge on any atom is 0.225 e. The highest BCUT2D eigenvalue weighted by Crippen LogP contribution is 2.28. The first-order chi connectivity index (χ1) is 8.16. The van der Waals surface area contributed by atoms with Crippen LogP contribution in [0.2, 0.25) is 0 Å². The van der Waals surface area contributed by atoms with Crippen molar-refractivity contribution in [2.24, 2.45) is 11.8 Å². The summed E-state index contributed by atoms with van der Waals surface area (Å²) in [5, 5.41) is 3.28. The van der Waals surface area contributed by atoms with E-state index in [1.54, 1.807) is 0 Å². The highest BCUT2D eigenvalue weighted by Gasteiger charge is 2.29. The number of hydrogen-bond acceptors (Lipinski definition) is 2. The van der Waals surface area contributed by atoms with Crippen LogP contribution < -0.4 is 5.32 Å². The van der Waals surface area contributed by atoms with Gasteiger partial charge in [-0.2, -0.15) is 0 Å². The Bertz CT molecular complexity index is 272. The summed E-state index contributed by atoms with van der Waals surface area (Å²) < 4.78 is 5.41. The van der Waals surface area contributed by atoms with Crippen LogP contribution in [0.3, 0.4) is 0 Å². The van der Waals surface area contributed by atoms with Gasteiger partial charge in [0.15, 0.2) is 0 Å². The summed E-state index contributed by atoms with van der Waals surface area (Å²) in [6.45, 7) is 3.32. The molecule has 98 valence electrons. The Balaban J connectivity index is 1.72. The molecule has 0 spiro atoms. The molecule has 2 fully saturated rings. The molecule has 1 N–H and O–H groups in total. The van der Waals surface area contributed by atoms with Crippen molar-refractivity contribution in [2.75, 3.05) is 13.2 Å². The van der Waals surface area contributed by atoms with Crippen molar-refractivity contribution >= 4 is 17.5 Å². The molecule has 2 rings (SSSR count). The average molecular weight is 260 g/mol. The summed E-state index contributed by atoms with van der Waals surface area (Å²) >= 11 is 6.27. The molecule has 0 radical (unpaired) electrons. The number of halogens is 1.